The second-order valence-corrected chi connectivity index (χ2v) is 4.78. The smallest absolute Gasteiger partial charge is 0.231 e. The summed E-state index contributed by atoms with van der Waals surface area (Å²) in [6.07, 6.45) is 3.98. The maximum atomic E-state index is 10.8. The van der Waals surface area contributed by atoms with E-state index in [1.54, 1.807) is 4.68 Å². The molecule has 1 amide bonds. The van der Waals surface area contributed by atoms with Crippen molar-refractivity contribution in [3.8, 4) is 0 Å². The highest BCUT2D eigenvalue weighted by molar-refractivity contribution is 5.75. The number of carbonyl (C=O) groups excluding carboxylic acids is 1. The fourth-order valence-electron chi connectivity index (χ4n) is 2.24. The number of hydrogen-bond acceptors (Lipinski definition) is 5. The Kier molecular flexibility index (Phi) is 4.27. The summed E-state index contributed by atoms with van der Waals surface area (Å²) in [4.78, 5) is 12.9. The van der Waals surface area contributed by atoms with Gasteiger partial charge in [-0.3, -0.25) is 14.4 Å². The van der Waals surface area contributed by atoms with Crippen molar-refractivity contribution in [2.75, 3.05) is 19.6 Å². The number of hydrogen-bond donors (Lipinski definition) is 2. The lowest BCUT2D eigenvalue weighted by atomic mass is 10.1. The van der Waals surface area contributed by atoms with E-state index >= 15 is 0 Å². The van der Waals surface area contributed by atoms with Gasteiger partial charge in [0.2, 0.25) is 5.91 Å². The second kappa shape index (κ2) is 5.92. The maximum Gasteiger partial charge on any atom is 0.231 e. The molecule has 1 aromatic rings. The van der Waals surface area contributed by atoms with Gasteiger partial charge >= 0.3 is 0 Å². The van der Waals surface area contributed by atoms with Crippen LogP contribution in [0.4, 0.5) is 0 Å². The Bertz CT molecular complexity index is 396. The summed E-state index contributed by atoms with van der Waals surface area (Å²) in [6.45, 7) is 2.95. The first-order valence-corrected chi connectivity index (χ1v) is 6.23. The lowest BCUT2D eigenvalue weighted by molar-refractivity contribution is -0.119. The molecule has 1 fully saturated rings. The SMILES string of the molecule is Cn1cc(CNC2CCN(CC(N)=O)CC2)nn1. The van der Waals surface area contributed by atoms with E-state index in [-0.39, 0.29) is 5.91 Å². The molecule has 0 unspecified atom stereocenters. The van der Waals surface area contributed by atoms with E-state index in [0.29, 0.717) is 12.6 Å². The van der Waals surface area contributed by atoms with Crippen LogP contribution >= 0.6 is 0 Å². The number of piperidine rings is 1. The molecular weight excluding hydrogens is 232 g/mol. The highest BCUT2D eigenvalue weighted by atomic mass is 16.1. The zero-order valence-electron chi connectivity index (χ0n) is 10.7. The predicted octanol–water partition coefficient (Wildman–Crippen LogP) is -1.15. The number of rotatable bonds is 5. The van der Waals surface area contributed by atoms with E-state index in [1.807, 2.05) is 13.2 Å². The van der Waals surface area contributed by atoms with E-state index in [4.69, 9.17) is 5.73 Å². The van der Waals surface area contributed by atoms with Gasteiger partial charge in [0, 0.05) is 38.9 Å². The van der Waals surface area contributed by atoms with Gasteiger partial charge in [0.1, 0.15) is 0 Å². The number of nitrogens with one attached hydrogen (secondary N) is 1. The Morgan fingerprint density at radius 3 is 2.83 bits per heavy atom. The van der Waals surface area contributed by atoms with Crippen LogP contribution < -0.4 is 11.1 Å². The van der Waals surface area contributed by atoms with Crippen LogP contribution in [0.2, 0.25) is 0 Å². The number of aromatic nitrogens is 3. The van der Waals surface area contributed by atoms with Crippen LogP contribution in [0.15, 0.2) is 6.20 Å². The van der Waals surface area contributed by atoms with Crippen LogP contribution in [0.5, 0.6) is 0 Å². The third-order valence-corrected chi connectivity index (χ3v) is 3.19. The Labute approximate surface area is 106 Å². The predicted molar refractivity (Wildman–Crippen MR) is 66.5 cm³/mol. The molecule has 1 aliphatic heterocycles. The Hall–Kier alpha value is -1.47. The summed E-state index contributed by atoms with van der Waals surface area (Å²) in [6, 6.07) is 0.483. The molecule has 18 heavy (non-hydrogen) atoms. The molecule has 2 heterocycles. The monoisotopic (exact) mass is 252 g/mol. The van der Waals surface area contributed by atoms with E-state index in [1.165, 1.54) is 0 Å². The van der Waals surface area contributed by atoms with Crippen LogP contribution in [-0.2, 0) is 18.4 Å². The Morgan fingerprint density at radius 1 is 1.56 bits per heavy atom. The molecule has 2 rings (SSSR count). The van der Waals surface area contributed by atoms with E-state index < -0.39 is 0 Å². The molecule has 0 spiro atoms. The fourth-order valence-corrected chi connectivity index (χ4v) is 2.24. The topological polar surface area (TPSA) is 89.1 Å². The molecular formula is C11H20N6O. The zero-order valence-corrected chi connectivity index (χ0v) is 10.7. The Morgan fingerprint density at radius 2 is 2.28 bits per heavy atom. The van der Waals surface area contributed by atoms with Crippen LogP contribution in [0.1, 0.15) is 18.5 Å². The number of primary amides is 1. The van der Waals surface area contributed by atoms with Crippen LogP contribution in [-0.4, -0.2) is 51.5 Å². The molecule has 0 saturated carbocycles. The molecule has 0 radical (unpaired) electrons. The van der Waals surface area contributed by atoms with Crippen molar-refractivity contribution in [1.82, 2.24) is 25.2 Å². The number of likely N-dealkylation sites (tertiary alicyclic amines) is 1. The van der Waals surface area contributed by atoms with Crippen LogP contribution in [0.25, 0.3) is 0 Å². The molecule has 0 bridgehead atoms. The lowest BCUT2D eigenvalue weighted by Gasteiger charge is -2.31. The summed E-state index contributed by atoms with van der Waals surface area (Å²) in [5, 5.41) is 11.4. The summed E-state index contributed by atoms with van der Waals surface area (Å²) in [5.74, 6) is -0.249. The number of nitrogens with two attached hydrogens (primary N) is 1. The maximum absolute atomic E-state index is 10.8. The highest BCUT2D eigenvalue weighted by Gasteiger charge is 2.19. The van der Waals surface area contributed by atoms with Crippen molar-refractivity contribution in [2.24, 2.45) is 12.8 Å². The van der Waals surface area contributed by atoms with Gasteiger partial charge < -0.3 is 11.1 Å². The fraction of sp³-hybridized carbons (Fsp3) is 0.727. The second-order valence-electron chi connectivity index (χ2n) is 4.78. The quantitative estimate of drug-likeness (QED) is 0.691. The van der Waals surface area contributed by atoms with Crippen LogP contribution in [0, 0.1) is 0 Å². The molecule has 3 N–H and O–H groups in total. The summed E-state index contributed by atoms with van der Waals surface area (Å²) in [5.41, 5.74) is 6.14. The molecule has 7 heteroatoms. The summed E-state index contributed by atoms with van der Waals surface area (Å²) >= 11 is 0. The van der Waals surface area contributed by atoms with E-state index in [9.17, 15) is 4.79 Å². The standard InChI is InChI=1S/C11H20N6O/c1-16-7-10(14-15-16)6-13-9-2-4-17(5-3-9)8-11(12)18/h7,9,13H,2-6,8H2,1H3,(H2,12,18). The first kappa shape index (κ1) is 13.0. The van der Waals surface area contributed by atoms with Crippen molar-refractivity contribution < 1.29 is 4.79 Å². The van der Waals surface area contributed by atoms with Gasteiger partial charge in [-0.1, -0.05) is 5.21 Å². The van der Waals surface area contributed by atoms with Crippen molar-refractivity contribution in [3.63, 3.8) is 0 Å². The molecule has 7 nitrogen and oxygen atoms in total. The van der Waals surface area contributed by atoms with Gasteiger partial charge in [-0.25, -0.2) is 0 Å². The Balaban J connectivity index is 1.69. The van der Waals surface area contributed by atoms with Crippen molar-refractivity contribution in [1.29, 1.82) is 0 Å². The largest absolute Gasteiger partial charge is 0.369 e. The first-order chi connectivity index (χ1) is 8.63. The number of nitrogens with zero attached hydrogens (tertiary/aromatic N) is 4. The summed E-state index contributed by atoms with van der Waals surface area (Å²) < 4.78 is 1.70. The van der Waals surface area contributed by atoms with E-state index in [2.05, 4.69) is 20.5 Å². The minimum absolute atomic E-state index is 0.249. The van der Waals surface area contributed by atoms with Gasteiger partial charge in [0.25, 0.3) is 0 Å². The molecule has 1 aliphatic rings. The molecule has 1 aromatic heterocycles. The van der Waals surface area contributed by atoms with Crippen molar-refractivity contribution >= 4 is 5.91 Å². The van der Waals surface area contributed by atoms with Gasteiger partial charge in [0.15, 0.2) is 0 Å². The van der Waals surface area contributed by atoms with Gasteiger partial charge in [-0.15, -0.1) is 5.10 Å². The van der Waals surface area contributed by atoms with E-state index in [0.717, 1.165) is 38.2 Å². The third kappa shape index (κ3) is 3.78. The number of aryl methyl sites for hydroxylation is 1. The minimum atomic E-state index is -0.249. The lowest BCUT2D eigenvalue weighted by Crippen LogP contribution is -2.45. The normalized spacial score (nSPS) is 18.1. The molecule has 1 saturated heterocycles. The molecule has 0 atom stereocenters. The summed E-state index contributed by atoms with van der Waals surface area (Å²) in [7, 11) is 1.86. The highest BCUT2D eigenvalue weighted by Crippen LogP contribution is 2.10. The van der Waals surface area contributed by atoms with Gasteiger partial charge in [-0.2, -0.15) is 0 Å². The molecule has 0 aliphatic carbocycles. The molecule has 0 aromatic carbocycles. The zero-order chi connectivity index (χ0) is 13.0. The van der Waals surface area contributed by atoms with Crippen LogP contribution in [0.3, 0.4) is 0 Å². The third-order valence-electron chi connectivity index (χ3n) is 3.19. The van der Waals surface area contributed by atoms with Gasteiger partial charge in [0.05, 0.1) is 12.2 Å². The van der Waals surface area contributed by atoms with Crippen molar-refractivity contribution in [3.05, 3.63) is 11.9 Å². The number of amides is 1. The minimum Gasteiger partial charge on any atom is -0.369 e. The van der Waals surface area contributed by atoms with Gasteiger partial charge in [-0.05, 0) is 12.8 Å². The van der Waals surface area contributed by atoms with Crippen molar-refractivity contribution in [2.45, 2.75) is 25.4 Å². The molecule has 100 valence electrons. The number of carbonyl (C=O) groups is 1. The average molecular weight is 252 g/mol. The average Bonchev–Trinajstić information content (AvgIpc) is 2.74. The first-order valence-electron chi connectivity index (χ1n) is 6.23.